The summed E-state index contributed by atoms with van der Waals surface area (Å²) >= 11 is 6.14. The maximum atomic E-state index is 13.2. The fraction of sp³-hybridized carbons (Fsp3) is 0.250. The fourth-order valence-electron chi connectivity index (χ4n) is 3.94. The summed E-state index contributed by atoms with van der Waals surface area (Å²) in [7, 11) is 0. The standard InChI is InChI=1S/C24H22ClNO3/c1-15(2)14-26-21-10-9-19(25)12-20(21)24(29,23(26)28)13-22(27)18-8-7-16-5-3-4-6-17(16)11-18/h3-12,15,29H,13-14H2,1-2H3. The number of aliphatic hydroxyl groups is 1. The van der Waals surface area contributed by atoms with Crippen LogP contribution in [0.2, 0.25) is 5.02 Å². The van der Waals surface area contributed by atoms with Crippen molar-refractivity contribution in [3.8, 4) is 0 Å². The van der Waals surface area contributed by atoms with Gasteiger partial charge in [0.2, 0.25) is 0 Å². The summed E-state index contributed by atoms with van der Waals surface area (Å²) in [6.45, 7) is 4.46. The van der Waals surface area contributed by atoms with E-state index in [1.54, 1.807) is 35.2 Å². The molecule has 1 atom stereocenters. The Kier molecular flexibility index (Phi) is 4.93. The summed E-state index contributed by atoms with van der Waals surface area (Å²) < 4.78 is 0. The average molecular weight is 408 g/mol. The SMILES string of the molecule is CC(C)CN1C(=O)C(O)(CC(=O)c2ccc3ccccc3c2)c2cc(Cl)ccc21. The number of hydrogen-bond acceptors (Lipinski definition) is 3. The van der Waals surface area contributed by atoms with Gasteiger partial charge in [-0.05, 0) is 41.0 Å². The van der Waals surface area contributed by atoms with Crippen LogP contribution in [-0.2, 0) is 10.4 Å². The van der Waals surface area contributed by atoms with E-state index in [0.29, 0.717) is 28.4 Å². The Labute approximate surface area is 174 Å². The molecule has 3 aromatic rings. The lowest BCUT2D eigenvalue weighted by atomic mass is 9.87. The predicted molar refractivity (Wildman–Crippen MR) is 115 cm³/mol. The zero-order valence-electron chi connectivity index (χ0n) is 16.4. The number of benzene rings is 3. The molecule has 0 radical (unpaired) electrons. The van der Waals surface area contributed by atoms with Crippen molar-refractivity contribution in [3.05, 3.63) is 76.8 Å². The molecule has 0 saturated heterocycles. The summed E-state index contributed by atoms with van der Waals surface area (Å²) in [6, 6.07) is 18.2. The predicted octanol–water partition coefficient (Wildman–Crippen LogP) is 4.96. The quantitative estimate of drug-likeness (QED) is 0.608. The van der Waals surface area contributed by atoms with E-state index < -0.39 is 11.5 Å². The van der Waals surface area contributed by atoms with E-state index in [1.165, 1.54) is 0 Å². The summed E-state index contributed by atoms with van der Waals surface area (Å²) in [4.78, 5) is 27.8. The van der Waals surface area contributed by atoms with Crippen LogP contribution >= 0.6 is 11.6 Å². The summed E-state index contributed by atoms with van der Waals surface area (Å²) in [5.74, 6) is -0.553. The van der Waals surface area contributed by atoms with Gasteiger partial charge in [-0.1, -0.05) is 61.8 Å². The molecule has 1 amide bonds. The monoisotopic (exact) mass is 407 g/mol. The first-order valence-electron chi connectivity index (χ1n) is 9.66. The number of nitrogens with zero attached hydrogens (tertiary/aromatic N) is 1. The van der Waals surface area contributed by atoms with Crippen molar-refractivity contribution in [1.82, 2.24) is 0 Å². The van der Waals surface area contributed by atoms with Crippen LogP contribution in [0.3, 0.4) is 0 Å². The van der Waals surface area contributed by atoms with Crippen molar-refractivity contribution in [2.75, 3.05) is 11.4 Å². The van der Waals surface area contributed by atoms with Gasteiger partial charge in [0.05, 0.1) is 12.1 Å². The molecular weight excluding hydrogens is 386 g/mol. The minimum absolute atomic E-state index is 0.209. The number of hydrogen-bond donors (Lipinski definition) is 1. The van der Waals surface area contributed by atoms with Crippen molar-refractivity contribution < 1.29 is 14.7 Å². The molecule has 1 aliphatic heterocycles. The first-order valence-corrected chi connectivity index (χ1v) is 10.0. The van der Waals surface area contributed by atoms with Crippen LogP contribution in [-0.4, -0.2) is 23.3 Å². The minimum atomic E-state index is -1.92. The third-order valence-electron chi connectivity index (χ3n) is 5.33. The zero-order valence-corrected chi connectivity index (χ0v) is 17.1. The van der Waals surface area contributed by atoms with Gasteiger partial charge < -0.3 is 10.0 Å². The Morgan fingerprint density at radius 1 is 1.07 bits per heavy atom. The van der Waals surface area contributed by atoms with E-state index in [1.807, 2.05) is 44.2 Å². The van der Waals surface area contributed by atoms with Gasteiger partial charge in [0.1, 0.15) is 0 Å². The lowest BCUT2D eigenvalue weighted by Crippen LogP contribution is -2.43. The second-order valence-corrected chi connectivity index (χ2v) is 8.43. The maximum absolute atomic E-state index is 13.2. The first-order chi connectivity index (χ1) is 13.8. The molecule has 29 heavy (non-hydrogen) atoms. The van der Waals surface area contributed by atoms with Crippen LogP contribution in [0.5, 0.6) is 0 Å². The highest BCUT2D eigenvalue weighted by Crippen LogP contribution is 2.44. The summed E-state index contributed by atoms with van der Waals surface area (Å²) in [5, 5.41) is 13.8. The highest BCUT2D eigenvalue weighted by molar-refractivity contribution is 6.31. The third kappa shape index (κ3) is 3.43. The lowest BCUT2D eigenvalue weighted by molar-refractivity contribution is -0.136. The Morgan fingerprint density at radius 2 is 1.79 bits per heavy atom. The summed E-state index contributed by atoms with van der Waals surface area (Å²) in [5.41, 5.74) is -0.444. The molecule has 0 saturated carbocycles. The normalized spacial score (nSPS) is 18.5. The molecule has 0 aromatic heterocycles. The van der Waals surface area contributed by atoms with Crippen LogP contribution in [0, 0.1) is 5.92 Å². The molecule has 1 N–H and O–H groups in total. The molecule has 148 valence electrons. The molecular formula is C24H22ClNO3. The van der Waals surface area contributed by atoms with Gasteiger partial charge >= 0.3 is 0 Å². The third-order valence-corrected chi connectivity index (χ3v) is 5.56. The number of ketones is 1. The van der Waals surface area contributed by atoms with Gasteiger partial charge in [0, 0.05) is 22.7 Å². The first kappa shape index (κ1) is 19.6. The van der Waals surface area contributed by atoms with E-state index >= 15 is 0 Å². The van der Waals surface area contributed by atoms with Gasteiger partial charge in [-0.15, -0.1) is 0 Å². The van der Waals surface area contributed by atoms with Crippen molar-refractivity contribution in [2.24, 2.45) is 5.92 Å². The smallest absolute Gasteiger partial charge is 0.264 e. The number of halogens is 1. The van der Waals surface area contributed by atoms with Crippen molar-refractivity contribution in [1.29, 1.82) is 0 Å². The van der Waals surface area contributed by atoms with Crippen LogP contribution in [0.15, 0.2) is 60.7 Å². The second-order valence-electron chi connectivity index (χ2n) is 7.99. The number of anilines is 1. The zero-order chi connectivity index (χ0) is 20.8. The number of rotatable bonds is 5. The molecule has 0 spiro atoms. The number of fused-ring (bicyclic) bond motifs is 2. The van der Waals surface area contributed by atoms with Crippen LogP contribution in [0.1, 0.15) is 36.2 Å². The van der Waals surface area contributed by atoms with Crippen LogP contribution in [0.25, 0.3) is 10.8 Å². The Hall–Kier alpha value is -2.69. The topological polar surface area (TPSA) is 57.6 Å². The molecule has 4 rings (SSSR count). The lowest BCUT2D eigenvalue weighted by Gasteiger charge is -2.24. The largest absolute Gasteiger partial charge is 0.375 e. The van der Waals surface area contributed by atoms with Gasteiger partial charge in [-0.2, -0.15) is 0 Å². The number of amides is 1. The molecule has 0 fully saturated rings. The van der Waals surface area contributed by atoms with Gasteiger partial charge in [-0.3, -0.25) is 9.59 Å². The molecule has 1 unspecified atom stereocenters. The summed E-state index contributed by atoms with van der Waals surface area (Å²) in [6.07, 6.45) is -0.327. The van der Waals surface area contributed by atoms with E-state index in [4.69, 9.17) is 11.6 Å². The second kappa shape index (κ2) is 7.29. The van der Waals surface area contributed by atoms with E-state index in [9.17, 15) is 14.7 Å². The van der Waals surface area contributed by atoms with Crippen LogP contribution < -0.4 is 4.90 Å². The number of carbonyl (C=O) groups is 2. The maximum Gasteiger partial charge on any atom is 0.264 e. The Bertz CT molecular complexity index is 1120. The minimum Gasteiger partial charge on any atom is -0.375 e. The average Bonchev–Trinajstić information content (AvgIpc) is 2.88. The molecule has 5 heteroatoms. The van der Waals surface area contributed by atoms with E-state index in [2.05, 4.69) is 0 Å². The van der Waals surface area contributed by atoms with Crippen molar-refractivity contribution in [3.63, 3.8) is 0 Å². The van der Waals surface area contributed by atoms with Crippen molar-refractivity contribution in [2.45, 2.75) is 25.9 Å². The number of Topliss-reactive ketones (excluding diaryl/α,β-unsaturated/α-hetero) is 1. The number of carbonyl (C=O) groups excluding carboxylic acids is 2. The molecule has 0 bridgehead atoms. The van der Waals surface area contributed by atoms with E-state index in [0.717, 1.165) is 10.8 Å². The van der Waals surface area contributed by atoms with Gasteiger partial charge in [-0.25, -0.2) is 0 Å². The molecule has 4 nitrogen and oxygen atoms in total. The van der Waals surface area contributed by atoms with Crippen molar-refractivity contribution >= 4 is 39.8 Å². The molecule has 1 heterocycles. The molecule has 1 aliphatic rings. The highest BCUT2D eigenvalue weighted by Gasteiger charge is 2.51. The molecule has 0 aliphatic carbocycles. The van der Waals surface area contributed by atoms with Gasteiger partial charge in [0.15, 0.2) is 11.4 Å². The van der Waals surface area contributed by atoms with Crippen LogP contribution in [0.4, 0.5) is 5.69 Å². The van der Waals surface area contributed by atoms with Gasteiger partial charge in [0.25, 0.3) is 5.91 Å². The van der Waals surface area contributed by atoms with E-state index in [-0.39, 0.29) is 18.1 Å². The molecule has 3 aromatic carbocycles. The Morgan fingerprint density at radius 3 is 2.52 bits per heavy atom. The highest BCUT2D eigenvalue weighted by atomic mass is 35.5. The fourth-order valence-corrected chi connectivity index (χ4v) is 4.11. The Balaban J connectivity index is 1.72.